The molecule has 0 unspecified atom stereocenters. The van der Waals surface area contributed by atoms with E-state index in [9.17, 15) is 13.2 Å². The fourth-order valence-corrected chi connectivity index (χ4v) is 1.82. The molecular formula is C14H12F3N. The van der Waals surface area contributed by atoms with E-state index >= 15 is 0 Å². The summed E-state index contributed by atoms with van der Waals surface area (Å²) in [7, 11) is 0. The van der Waals surface area contributed by atoms with Crippen LogP contribution in [0.15, 0.2) is 42.6 Å². The fraction of sp³-hybridized carbons (Fsp3) is 0.214. The van der Waals surface area contributed by atoms with E-state index < -0.39 is 11.7 Å². The van der Waals surface area contributed by atoms with Gasteiger partial charge in [-0.25, -0.2) is 0 Å². The lowest BCUT2D eigenvalue weighted by atomic mass is 9.99. The average Bonchev–Trinajstić information content (AvgIpc) is 2.38. The van der Waals surface area contributed by atoms with E-state index in [1.165, 1.54) is 12.1 Å². The molecule has 0 saturated heterocycles. The molecule has 18 heavy (non-hydrogen) atoms. The van der Waals surface area contributed by atoms with Crippen LogP contribution in [0, 0.1) is 0 Å². The van der Waals surface area contributed by atoms with Crippen molar-refractivity contribution in [2.24, 2.45) is 0 Å². The lowest BCUT2D eigenvalue weighted by molar-refractivity contribution is -0.137. The van der Waals surface area contributed by atoms with Gasteiger partial charge in [0, 0.05) is 11.8 Å². The van der Waals surface area contributed by atoms with Crippen molar-refractivity contribution in [2.45, 2.75) is 19.5 Å². The van der Waals surface area contributed by atoms with Crippen molar-refractivity contribution in [1.82, 2.24) is 4.98 Å². The molecule has 0 spiro atoms. The highest BCUT2D eigenvalue weighted by Crippen LogP contribution is 2.33. The molecule has 1 aromatic heterocycles. The largest absolute Gasteiger partial charge is 0.416 e. The standard InChI is InChI=1S/C14H12F3N/c1-2-10-6-7-11(14(15,16)17)9-12(10)13-5-3-4-8-18-13/h3-9H,2H2,1H3. The smallest absolute Gasteiger partial charge is 0.256 e. The van der Waals surface area contributed by atoms with Crippen molar-refractivity contribution in [2.75, 3.05) is 0 Å². The first-order chi connectivity index (χ1) is 8.52. The summed E-state index contributed by atoms with van der Waals surface area (Å²) in [5, 5.41) is 0. The van der Waals surface area contributed by atoms with Gasteiger partial charge >= 0.3 is 6.18 Å². The van der Waals surface area contributed by atoms with E-state index in [-0.39, 0.29) is 0 Å². The molecule has 0 aliphatic heterocycles. The molecule has 0 N–H and O–H groups in total. The number of hydrogen-bond donors (Lipinski definition) is 0. The van der Waals surface area contributed by atoms with Gasteiger partial charge < -0.3 is 0 Å². The van der Waals surface area contributed by atoms with Gasteiger partial charge in [-0.3, -0.25) is 4.98 Å². The van der Waals surface area contributed by atoms with Gasteiger partial charge in [-0.05, 0) is 36.2 Å². The van der Waals surface area contributed by atoms with Crippen LogP contribution in [-0.4, -0.2) is 4.98 Å². The predicted molar refractivity (Wildman–Crippen MR) is 64.1 cm³/mol. The number of aromatic nitrogens is 1. The first-order valence-corrected chi connectivity index (χ1v) is 5.64. The van der Waals surface area contributed by atoms with Gasteiger partial charge in [-0.2, -0.15) is 13.2 Å². The van der Waals surface area contributed by atoms with Crippen LogP contribution in [0.25, 0.3) is 11.3 Å². The molecule has 0 saturated carbocycles. The fourth-order valence-electron chi connectivity index (χ4n) is 1.82. The molecule has 0 bridgehead atoms. The maximum Gasteiger partial charge on any atom is 0.416 e. The van der Waals surface area contributed by atoms with Gasteiger partial charge in [-0.15, -0.1) is 0 Å². The number of pyridine rings is 1. The Balaban J connectivity index is 2.57. The van der Waals surface area contributed by atoms with Crippen LogP contribution in [-0.2, 0) is 12.6 Å². The SMILES string of the molecule is CCc1ccc(C(F)(F)F)cc1-c1ccccn1. The van der Waals surface area contributed by atoms with Gasteiger partial charge in [0.05, 0.1) is 11.3 Å². The first-order valence-electron chi connectivity index (χ1n) is 5.64. The number of hydrogen-bond acceptors (Lipinski definition) is 1. The predicted octanol–water partition coefficient (Wildman–Crippen LogP) is 4.33. The zero-order valence-electron chi connectivity index (χ0n) is 9.83. The number of rotatable bonds is 2. The Kier molecular flexibility index (Phi) is 3.36. The Labute approximate surface area is 103 Å². The molecule has 94 valence electrons. The molecule has 1 nitrogen and oxygen atoms in total. The van der Waals surface area contributed by atoms with Crippen LogP contribution in [0.3, 0.4) is 0 Å². The minimum atomic E-state index is -4.32. The zero-order chi connectivity index (χ0) is 13.2. The molecule has 4 heteroatoms. The molecule has 0 atom stereocenters. The Morgan fingerprint density at radius 2 is 1.89 bits per heavy atom. The van der Waals surface area contributed by atoms with Crippen molar-refractivity contribution in [3.63, 3.8) is 0 Å². The van der Waals surface area contributed by atoms with E-state index in [1.807, 2.05) is 6.92 Å². The van der Waals surface area contributed by atoms with Crippen molar-refractivity contribution < 1.29 is 13.2 Å². The lowest BCUT2D eigenvalue weighted by Crippen LogP contribution is -2.05. The quantitative estimate of drug-likeness (QED) is 0.774. The summed E-state index contributed by atoms with van der Waals surface area (Å²) in [4.78, 5) is 4.11. The van der Waals surface area contributed by atoms with Crippen LogP contribution in [0.5, 0.6) is 0 Å². The highest BCUT2D eigenvalue weighted by Gasteiger charge is 2.31. The summed E-state index contributed by atoms with van der Waals surface area (Å²) in [6, 6.07) is 9.03. The van der Waals surface area contributed by atoms with Gasteiger partial charge in [0.25, 0.3) is 0 Å². The normalized spacial score (nSPS) is 11.6. The van der Waals surface area contributed by atoms with Crippen LogP contribution in [0.2, 0.25) is 0 Å². The second-order valence-corrected chi connectivity index (χ2v) is 3.94. The van der Waals surface area contributed by atoms with Gasteiger partial charge in [-0.1, -0.05) is 19.1 Å². The minimum Gasteiger partial charge on any atom is -0.256 e. The Morgan fingerprint density at radius 1 is 1.11 bits per heavy atom. The molecule has 0 fully saturated rings. The number of nitrogens with zero attached hydrogens (tertiary/aromatic N) is 1. The average molecular weight is 251 g/mol. The van der Waals surface area contributed by atoms with Crippen molar-refractivity contribution in [3.8, 4) is 11.3 Å². The van der Waals surface area contributed by atoms with Crippen molar-refractivity contribution in [1.29, 1.82) is 0 Å². The Morgan fingerprint density at radius 3 is 2.44 bits per heavy atom. The summed E-state index contributed by atoms with van der Waals surface area (Å²) in [5.41, 5.74) is 1.34. The van der Waals surface area contributed by atoms with Gasteiger partial charge in [0.2, 0.25) is 0 Å². The van der Waals surface area contributed by atoms with Crippen LogP contribution in [0.1, 0.15) is 18.1 Å². The van der Waals surface area contributed by atoms with E-state index in [1.54, 1.807) is 24.4 Å². The summed E-state index contributed by atoms with van der Waals surface area (Å²) in [6.07, 6.45) is -2.07. The third-order valence-electron chi connectivity index (χ3n) is 2.76. The van der Waals surface area contributed by atoms with E-state index in [0.717, 1.165) is 11.6 Å². The van der Waals surface area contributed by atoms with Crippen LogP contribution in [0.4, 0.5) is 13.2 Å². The molecule has 0 aliphatic carbocycles. The minimum absolute atomic E-state index is 0.549. The first kappa shape index (κ1) is 12.6. The van der Waals surface area contributed by atoms with Crippen molar-refractivity contribution >= 4 is 0 Å². The zero-order valence-corrected chi connectivity index (χ0v) is 9.83. The Bertz CT molecular complexity index is 532. The topological polar surface area (TPSA) is 12.9 Å². The summed E-state index contributed by atoms with van der Waals surface area (Å²) >= 11 is 0. The maximum absolute atomic E-state index is 12.7. The highest BCUT2D eigenvalue weighted by molar-refractivity contribution is 5.64. The molecule has 1 aromatic carbocycles. The highest BCUT2D eigenvalue weighted by atomic mass is 19.4. The van der Waals surface area contributed by atoms with E-state index in [2.05, 4.69) is 4.98 Å². The maximum atomic E-state index is 12.7. The summed E-state index contributed by atoms with van der Waals surface area (Å²) < 4.78 is 38.1. The summed E-state index contributed by atoms with van der Waals surface area (Å²) in [5.74, 6) is 0. The summed E-state index contributed by atoms with van der Waals surface area (Å²) in [6.45, 7) is 1.91. The third kappa shape index (κ3) is 2.53. The monoisotopic (exact) mass is 251 g/mol. The molecule has 1 heterocycles. The Hall–Kier alpha value is -1.84. The lowest BCUT2D eigenvalue weighted by Gasteiger charge is -2.12. The molecule has 2 rings (SSSR count). The number of halogens is 3. The number of alkyl halides is 3. The molecule has 0 amide bonds. The van der Waals surface area contributed by atoms with Crippen LogP contribution >= 0.6 is 0 Å². The van der Waals surface area contributed by atoms with Gasteiger partial charge in [0.15, 0.2) is 0 Å². The van der Waals surface area contributed by atoms with E-state index in [4.69, 9.17) is 0 Å². The number of benzene rings is 1. The second-order valence-electron chi connectivity index (χ2n) is 3.94. The molecule has 0 radical (unpaired) electrons. The number of aryl methyl sites for hydroxylation is 1. The van der Waals surface area contributed by atoms with Crippen LogP contribution < -0.4 is 0 Å². The molecule has 0 aliphatic rings. The molecule has 2 aromatic rings. The van der Waals surface area contributed by atoms with Crippen molar-refractivity contribution in [3.05, 3.63) is 53.7 Å². The van der Waals surface area contributed by atoms with E-state index in [0.29, 0.717) is 17.7 Å². The second kappa shape index (κ2) is 4.80. The molecular weight excluding hydrogens is 239 g/mol. The third-order valence-corrected chi connectivity index (χ3v) is 2.76. The van der Waals surface area contributed by atoms with Gasteiger partial charge in [0.1, 0.15) is 0 Å².